The van der Waals surface area contributed by atoms with E-state index in [9.17, 15) is 9.59 Å². The summed E-state index contributed by atoms with van der Waals surface area (Å²) in [6.45, 7) is 1.69. The Hall–Kier alpha value is -1.58. The number of carbonyl (C=O) groups excluding carboxylic acids is 2. The first-order valence-electron chi connectivity index (χ1n) is 3.49. The summed E-state index contributed by atoms with van der Waals surface area (Å²) < 4.78 is 0. The lowest BCUT2D eigenvalue weighted by atomic mass is 9.99. The molecule has 12 heavy (non-hydrogen) atoms. The van der Waals surface area contributed by atoms with Crippen LogP contribution in [0, 0.1) is 0 Å². The summed E-state index contributed by atoms with van der Waals surface area (Å²) in [6.07, 6.45) is 1.40. The molecule has 1 rings (SSSR count). The maximum Gasteiger partial charge on any atom is 0.227 e. The Balaban J connectivity index is 3.13. The van der Waals surface area contributed by atoms with Crippen molar-refractivity contribution in [2.75, 3.05) is 0 Å². The van der Waals surface area contributed by atoms with Crippen molar-refractivity contribution in [3.05, 3.63) is 23.2 Å². The Morgan fingerprint density at radius 1 is 1.25 bits per heavy atom. The number of carbonyl (C=O) groups is 2. The second-order valence-electron chi connectivity index (χ2n) is 2.41. The van der Waals surface area contributed by atoms with Gasteiger partial charge in [-0.1, -0.05) is 6.92 Å². The summed E-state index contributed by atoms with van der Waals surface area (Å²) >= 11 is 0. The molecule has 0 radical (unpaired) electrons. The second kappa shape index (κ2) is 2.81. The van der Waals surface area contributed by atoms with Gasteiger partial charge in [-0.15, -0.1) is 0 Å². The minimum absolute atomic E-state index is 0.218. The molecule has 0 aromatic heterocycles. The lowest BCUT2D eigenvalue weighted by Crippen LogP contribution is -2.18. The monoisotopic (exact) mass is 168 g/mol. The van der Waals surface area contributed by atoms with Gasteiger partial charge in [0, 0.05) is 5.57 Å². The zero-order valence-electron chi connectivity index (χ0n) is 6.50. The zero-order chi connectivity index (χ0) is 9.30. The van der Waals surface area contributed by atoms with Crippen LogP contribution in [0.25, 0.3) is 0 Å². The summed E-state index contributed by atoms with van der Waals surface area (Å²) in [5.41, 5.74) is 0.218. The number of hydrogen-bond acceptors (Lipinski definition) is 4. The van der Waals surface area contributed by atoms with E-state index in [-0.39, 0.29) is 5.57 Å². The van der Waals surface area contributed by atoms with E-state index in [1.54, 1.807) is 6.92 Å². The number of rotatable bonds is 1. The predicted octanol–water partition coefficient (Wildman–Crippen LogP) is 0.802. The van der Waals surface area contributed by atoms with E-state index in [0.29, 0.717) is 6.42 Å². The molecular weight excluding hydrogens is 160 g/mol. The number of aliphatic hydroxyl groups excluding tert-OH is 2. The van der Waals surface area contributed by atoms with Crippen LogP contribution in [0.4, 0.5) is 0 Å². The lowest BCUT2D eigenvalue weighted by molar-refractivity contribution is -0.119. The molecule has 0 saturated heterocycles. The molecule has 0 fully saturated rings. The topological polar surface area (TPSA) is 74.6 Å². The molecule has 4 nitrogen and oxygen atoms in total. The normalized spacial score (nSPS) is 18.2. The van der Waals surface area contributed by atoms with Crippen LogP contribution in [-0.4, -0.2) is 21.8 Å². The average Bonchev–Trinajstić information content (AvgIpc) is 2.08. The highest BCUT2D eigenvalue weighted by molar-refractivity contribution is 6.20. The van der Waals surface area contributed by atoms with Crippen LogP contribution >= 0.6 is 0 Å². The smallest absolute Gasteiger partial charge is 0.227 e. The van der Waals surface area contributed by atoms with Gasteiger partial charge in [-0.05, 0) is 12.5 Å². The first kappa shape index (κ1) is 8.52. The van der Waals surface area contributed by atoms with Crippen LogP contribution in [0.1, 0.15) is 13.3 Å². The Morgan fingerprint density at radius 2 is 1.83 bits per heavy atom. The Labute approximate surface area is 68.8 Å². The third kappa shape index (κ3) is 1.11. The van der Waals surface area contributed by atoms with Crippen LogP contribution < -0.4 is 0 Å². The van der Waals surface area contributed by atoms with Gasteiger partial charge in [0.2, 0.25) is 23.1 Å². The standard InChI is InChI=1S/C8H8O4/c1-2-4-3-5(9)7(11)8(12)6(4)10/h3,11-12H,2H2,1H3. The quantitative estimate of drug-likeness (QED) is 0.568. The highest BCUT2D eigenvalue weighted by Crippen LogP contribution is 2.17. The molecule has 0 aromatic carbocycles. The minimum atomic E-state index is -0.864. The zero-order valence-corrected chi connectivity index (χ0v) is 6.50. The molecule has 0 bridgehead atoms. The predicted molar refractivity (Wildman–Crippen MR) is 40.7 cm³/mol. The molecule has 64 valence electrons. The van der Waals surface area contributed by atoms with Crippen LogP contribution in [0.15, 0.2) is 23.2 Å². The number of aliphatic hydroxyl groups is 2. The van der Waals surface area contributed by atoms with Crippen molar-refractivity contribution in [2.45, 2.75) is 13.3 Å². The fraction of sp³-hybridized carbons (Fsp3) is 0.250. The van der Waals surface area contributed by atoms with Gasteiger partial charge in [-0.25, -0.2) is 0 Å². The Kier molecular flexibility index (Phi) is 1.99. The first-order valence-corrected chi connectivity index (χ1v) is 3.49. The lowest BCUT2D eigenvalue weighted by Gasteiger charge is -2.09. The van der Waals surface area contributed by atoms with Gasteiger partial charge in [-0.2, -0.15) is 0 Å². The van der Waals surface area contributed by atoms with Crippen molar-refractivity contribution in [3.63, 3.8) is 0 Å². The number of hydrogen-bond donors (Lipinski definition) is 2. The van der Waals surface area contributed by atoms with Gasteiger partial charge in [0.05, 0.1) is 0 Å². The third-order valence-electron chi connectivity index (χ3n) is 1.65. The molecule has 0 aliphatic heterocycles. The van der Waals surface area contributed by atoms with Gasteiger partial charge in [0.1, 0.15) is 0 Å². The largest absolute Gasteiger partial charge is 0.501 e. The molecule has 0 atom stereocenters. The van der Waals surface area contributed by atoms with E-state index < -0.39 is 23.1 Å². The van der Waals surface area contributed by atoms with E-state index in [1.807, 2.05) is 0 Å². The van der Waals surface area contributed by atoms with Crippen molar-refractivity contribution < 1.29 is 19.8 Å². The van der Waals surface area contributed by atoms with Crippen molar-refractivity contribution in [1.82, 2.24) is 0 Å². The summed E-state index contributed by atoms with van der Waals surface area (Å²) in [4.78, 5) is 21.8. The van der Waals surface area contributed by atoms with Gasteiger partial charge in [0.15, 0.2) is 0 Å². The summed E-state index contributed by atoms with van der Waals surface area (Å²) in [7, 11) is 0. The molecule has 0 amide bonds. The Morgan fingerprint density at radius 3 is 2.33 bits per heavy atom. The molecule has 0 aromatic rings. The number of allylic oxidation sites excluding steroid dienone is 2. The third-order valence-corrected chi connectivity index (χ3v) is 1.65. The van der Waals surface area contributed by atoms with Gasteiger partial charge in [0.25, 0.3) is 0 Å². The van der Waals surface area contributed by atoms with Crippen molar-refractivity contribution in [3.8, 4) is 0 Å². The van der Waals surface area contributed by atoms with Crippen molar-refractivity contribution in [1.29, 1.82) is 0 Å². The van der Waals surface area contributed by atoms with Gasteiger partial charge >= 0.3 is 0 Å². The highest BCUT2D eigenvalue weighted by atomic mass is 16.3. The van der Waals surface area contributed by atoms with Crippen LogP contribution in [0.2, 0.25) is 0 Å². The van der Waals surface area contributed by atoms with Gasteiger partial charge in [-0.3, -0.25) is 9.59 Å². The molecule has 2 N–H and O–H groups in total. The molecule has 1 aliphatic rings. The molecular formula is C8H8O4. The first-order chi connectivity index (χ1) is 5.57. The van der Waals surface area contributed by atoms with Crippen molar-refractivity contribution >= 4 is 11.6 Å². The van der Waals surface area contributed by atoms with E-state index in [1.165, 1.54) is 0 Å². The van der Waals surface area contributed by atoms with E-state index in [0.717, 1.165) is 6.08 Å². The number of ketones is 2. The summed E-state index contributed by atoms with van der Waals surface area (Å²) in [6, 6.07) is 0. The fourth-order valence-electron chi connectivity index (χ4n) is 0.931. The molecule has 0 unspecified atom stereocenters. The van der Waals surface area contributed by atoms with Crippen LogP contribution in [0.3, 0.4) is 0 Å². The molecule has 0 saturated carbocycles. The molecule has 0 spiro atoms. The Bertz CT molecular complexity index is 309. The maximum absolute atomic E-state index is 11.0. The molecule has 1 aliphatic carbocycles. The van der Waals surface area contributed by atoms with Crippen LogP contribution in [0.5, 0.6) is 0 Å². The summed E-state index contributed by atoms with van der Waals surface area (Å²) in [5.74, 6) is -3.10. The van der Waals surface area contributed by atoms with E-state index in [2.05, 4.69) is 0 Å². The van der Waals surface area contributed by atoms with Gasteiger partial charge < -0.3 is 10.2 Å². The van der Waals surface area contributed by atoms with Crippen LogP contribution in [-0.2, 0) is 9.59 Å². The highest BCUT2D eigenvalue weighted by Gasteiger charge is 2.26. The van der Waals surface area contributed by atoms with E-state index >= 15 is 0 Å². The molecule has 4 heteroatoms. The summed E-state index contributed by atoms with van der Waals surface area (Å²) in [5, 5.41) is 17.8. The van der Waals surface area contributed by atoms with E-state index in [4.69, 9.17) is 10.2 Å². The van der Waals surface area contributed by atoms with Crippen molar-refractivity contribution in [2.24, 2.45) is 0 Å². The average molecular weight is 168 g/mol. The second-order valence-corrected chi connectivity index (χ2v) is 2.41. The minimum Gasteiger partial charge on any atom is -0.501 e. The SMILES string of the molecule is CCC1=CC(=O)C(O)=C(O)C1=O. The maximum atomic E-state index is 11.0. The number of Topliss-reactive ketones (excluding diaryl/α,β-unsaturated/α-hetero) is 1. The fourth-order valence-corrected chi connectivity index (χ4v) is 0.931. The molecule has 0 heterocycles.